The number of hydrogen-bond acceptors (Lipinski definition) is 5. The van der Waals surface area contributed by atoms with Gasteiger partial charge in [-0.25, -0.2) is 4.98 Å². The largest absolute Gasteiger partial charge is 0.493 e. The van der Waals surface area contributed by atoms with Gasteiger partial charge < -0.3 is 19.5 Å². The minimum Gasteiger partial charge on any atom is -0.493 e. The van der Waals surface area contributed by atoms with Crippen molar-refractivity contribution in [3.8, 4) is 17.4 Å². The second kappa shape index (κ2) is 8.46. The number of benzene rings is 1. The van der Waals surface area contributed by atoms with Crippen molar-refractivity contribution in [3.05, 3.63) is 47.1 Å². The summed E-state index contributed by atoms with van der Waals surface area (Å²) >= 11 is 6.08. The zero-order valence-corrected chi connectivity index (χ0v) is 13.4. The first-order valence-corrected chi connectivity index (χ1v) is 7.27. The molecule has 2 rings (SSSR count). The van der Waals surface area contributed by atoms with E-state index < -0.39 is 0 Å². The second-order valence-electron chi connectivity index (χ2n) is 4.49. The Morgan fingerprint density at radius 1 is 1.18 bits per heavy atom. The van der Waals surface area contributed by atoms with Gasteiger partial charge in [0.1, 0.15) is 6.61 Å². The van der Waals surface area contributed by atoms with Gasteiger partial charge in [-0.3, -0.25) is 0 Å². The fourth-order valence-corrected chi connectivity index (χ4v) is 2.25. The van der Waals surface area contributed by atoms with E-state index in [1.807, 2.05) is 24.3 Å². The number of pyridine rings is 1. The topological polar surface area (TPSA) is 52.6 Å². The highest BCUT2D eigenvalue weighted by Gasteiger charge is 2.11. The molecule has 0 spiro atoms. The summed E-state index contributed by atoms with van der Waals surface area (Å²) in [4.78, 5) is 4.09. The van der Waals surface area contributed by atoms with Gasteiger partial charge in [-0.1, -0.05) is 17.7 Å². The van der Waals surface area contributed by atoms with Gasteiger partial charge in [0.2, 0.25) is 5.88 Å². The summed E-state index contributed by atoms with van der Waals surface area (Å²) in [5, 5.41) is 3.89. The maximum absolute atomic E-state index is 6.08. The van der Waals surface area contributed by atoms with E-state index in [4.69, 9.17) is 25.8 Å². The number of methoxy groups -OCH3 is 2. The van der Waals surface area contributed by atoms with E-state index in [1.165, 1.54) is 0 Å². The molecule has 0 fully saturated rings. The van der Waals surface area contributed by atoms with E-state index in [0.717, 1.165) is 5.56 Å². The van der Waals surface area contributed by atoms with Gasteiger partial charge in [-0.2, -0.15) is 0 Å². The van der Waals surface area contributed by atoms with Crippen molar-refractivity contribution >= 4 is 11.6 Å². The molecule has 0 aliphatic heterocycles. The Morgan fingerprint density at radius 3 is 2.73 bits per heavy atom. The molecule has 1 aromatic carbocycles. The third-order valence-corrected chi connectivity index (χ3v) is 3.22. The van der Waals surface area contributed by atoms with E-state index in [1.54, 1.807) is 26.5 Å². The molecule has 0 saturated carbocycles. The fourth-order valence-electron chi connectivity index (χ4n) is 2.02. The van der Waals surface area contributed by atoms with E-state index in [9.17, 15) is 0 Å². The minimum atomic E-state index is 0.525. The lowest BCUT2D eigenvalue weighted by atomic mass is 10.2. The van der Waals surface area contributed by atoms with Crippen molar-refractivity contribution in [1.29, 1.82) is 0 Å². The van der Waals surface area contributed by atoms with Crippen molar-refractivity contribution in [2.45, 2.75) is 6.54 Å². The monoisotopic (exact) mass is 322 g/mol. The van der Waals surface area contributed by atoms with Crippen LogP contribution in [0.25, 0.3) is 0 Å². The minimum absolute atomic E-state index is 0.525. The van der Waals surface area contributed by atoms with Crippen molar-refractivity contribution in [1.82, 2.24) is 10.3 Å². The molecule has 0 amide bonds. The lowest BCUT2D eigenvalue weighted by Gasteiger charge is -2.14. The number of hydrogen-bond donors (Lipinski definition) is 1. The smallest absolute Gasteiger partial charge is 0.213 e. The molecule has 1 aromatic heterocycles. The summed E-state index contributed by atoms with van der Waals surface area (Å²) in [6.07, 6.45) is 1.70. The Labute approximate surface area is 135 Å². The van der Waals surface area contributed by atoms with E-state index in [-0.39, 0.29) is 0 Å². The number of nitrogens with zero attached hydrogens (tertiary/aromatic N) is 1. The number of rotatable bonds is 8. The van der Waals surface area contributed by atoms with Gasteiger partial charge in [0.25, 0.3) is 0 Å². The Bertz CT molecular complexity index is 593. The van der Waals surface area contributed by atoms with Crippen LogP contribution in [-0.4, -0.2) is 32.4 Å². The summed E-state index contributed by atoms with van der Waals surface area (Å²) < 4.78 is 16.2. The Hall–Kier alpha value is -1.98. The van der Waals surface area contributed by atoms with Gasteiger partial charge in [0, 0.05) is 42.0 Å². The van der Waals surface area contributed by atoms with Gasteiger partial charge in [-0.05, 0) is 12.1 Å². The van der Waals surface area contributed by atoms with Crippen LogP contribution in [0.5, 0.6) is 17.4 Å². The van der Waals surface area contributed by atoms with Gasteiger partial charge >= 0.3 is 0 Å². The molecule has 0 unspecified atom stereocenters. The first-order valence-electron chi connectivity index (χ1n) is 6.89. The van der Waals surface area contributed by atoms with Gasteiger partial charge in [0.05, 0.1) is 14.2 Å². The maximum atomic E-state index is 6.08. The molecule has 0 aliphatic rings. The summed E-state index contributed by atoms with van der Waals surface area (Å²) in [6.45, 7) is 1.80. The molecular weight excluding hydrogens is 304 g/mol. The predicted octanol–water partition coefficient (Wildman–Crippen LogP) is 2.92. The molecule has 0 atom stereocenters. The molecule has 22 heavy (non-hydrogen) atoms. The molecule has 1 heterocycles. The SMILES string of the molecule is COc1cc(Cl)cc(CNCCOc2ccccn2)c1OC. The van der Waals surface area contributed by atoms with Crippen LogP contribution in [0, 0.1) is 0 Å². The molecule has 0 bridgehead atoms. The Morgan fingerprint density at radius 2 is 2.05 bits per heavy atom. The number of nitrogens with one attached hydrogen (secondary N) is 1. The van der Waals surface area contributed by atoms with Gasteiger partial charge in [-0.15, -0.1) is 0 Å². The number of aromatic nitrogens is 1. The van der Waals surface area contributed by atoms with Crippen LogP contribution < -0.4 is 19.5 Å². The molecule has 1 N–H and O–H groups in total. The van der Waals surface area contributed by atoms with Crippen LogP contribution >= 0.6 is 11.6 Å². The first-order chi connectivity index (χ1) is 10.7. The quantitative estimate of drug-likeness (QED) is 0.757. The summed E-state index contributed by atoms with van der Waals surface area (Å²) in [5.41, 5.74) is 0.935. The molecule has 118 valence electrons. The fraction of sp³-hybridized carbons (Fsp3) is 0.312. The maximum Gasteiger partial charge on any atom is 0.213 e. The van der Waals surface area contributed by atoms with E-state index in [2.05, 4.69) is 10.3 Å². The van der Waals surface area contributed by atoms with E-state index >= 15 is 0 Å². The van der Waals surface area contributed by atoms with Crippen LogP contribution in [-0.2, 0) is 6.54 Å². The predicted molar refractivity (Wildman–Crippen MR) is 86.0 cm³/mol. The zero-order valence-electron chi connectivity index (χ0n) is 12.6. The number of halogens is 1. The normalized spacial score (nSPS) is 10.3. The van der Waals surface area contributed by atoms with Crippen molar-refractivity contribution in [2.75, 3.05) is 27.4 Å². The summed E-state index contributed by atoms with van der Waals surface area (Å²) in [6, 6.07) is 9.15. The standard InChI is InChI=1S/C16H19ClN2O3/c1-20-14-10-13(17)9-12(16(14)21-2)11-18-7-8-22-15-5-3-4-6-19-15/h3-6,9-10,18H,7-8,11H2,1-2H3. The van der Waals surface area contributed by atoms with Crippen molar-refractivity contribution in [2.24, 2.45) is 0 Å². The zero-order chi connectivity index (χ0) is 15.8. The Balaban J connectivity index is 1.85. The molecule has 2 aromatic rings. The summed E-state index contributed by atoms with van der Waals surface area (Å²) in [7, 11) is 3.20. The van der Waals surface area contributed by atoms with E-state index in [0.29, 0.717) is 42.1 Å². The molecule has 0 aliphatic carbocycles. The van der Waals surface area contributed by atoms with Gasteiger partial charge in [0.15, 0.2) is 11.5 Å². The second-order valence-corrected chi connectivity index (χ2v) is 4.93. The highest BCUT2D eigenvalue weighted by Crippen LogP contribution is 2.34. The van der Waals surface area contributed by atoms with Crippen LogP contribution in [0.2, 0.25) is 5.02 Å². The molecule has 0 radical (unpaired) electrons. The van der Waals surface area contributed by atoms with Crippen LogP contribution in [0.1, 0.15) is 5.56 Å². The molecular formula is C16H19ClN2O3. The average Bonchev–Trinajstić information content (AvgIpc) is 2.55. The lowest BCUT2D eigenvalue weighted by molar-refractivity contribution is 0.301. The molecule has 5 nitrogen and oxygen atoms in total. The third kappa shape index (κ3) is 4.51. The van der Waals surface area contributed by atoms with Crippen molar-refractivity contribution in [3.63, 3.8) is 0 Å². The van der Waals surface area contributed by atoms with Crippen LogP contribution in [0.3, 0.4) is 0 Å². The first kappa shape index (κ1) is 16.4. The molecule has 6 heteroatoms. The van der Waals surface area contributed by atoms with Crippen LogP contribution in [0.4, 0.5) is 0 Å². The highest BCUT2D eigenvalue weighted by molar-refractivity contribution is 6.30. The van der Waals surface area contributed by atoms with Crippen molar-refractivity contribution < 1.29 is 14.2 Å². The third-order valence-electron chi connectivity index (χ3n) is 3.00. The lowest BCUT2D eigenvalue weighted by Crippen LogP contribution is -2.21. The average molecular weight is 323 g/mol. The summed E-state index contributed by atoms with van der Waals surface area (Å²) in [5.74, 6) is 1.92. The highest BCUT2D eigenvalue weighted by atomic mass is 35.5. The van der Waals surface area contributed by atoms with Crippen LogP contribution in [0.15, 0.2) is 36.5 Å². The molecule has 0 saturated heterocycles. The Kier molecular flexibility index (Phi) is 6.30. The number of ether oxygens (including phenoxy) is 3.